The van der Waals surface area contributed by atoms with E-state index in [0.717, 1.165) is 13.1 Å². The zero-order valence-electron chi connectivity index (χ0n) is 12.7. The molecule has 0 aromatic carbocycles. The molecule has 108 valence electrons. The molecule has 0 saturated heterocycles. The lowest BCUT2D eigenvalue weighted by molar-refractivity contribution is 0.168. The van der Waals surface area contributed by atoms with Crippen LogP contribution in [0.4, 0.5) is 0 Å². The first-order chi connectivity index (χ1) is 9.13. The number of hydrogen-bond donors (Lipinski definition) is 1. The van der Waals surface area contributed by atoms with Crippen LogP contribution in [0.3, 0.4) is 0 Å². The Morgan fingerprint density at radius 2 is 2.16 bits per heavy atom. The topological polar surface area (TPSA) is 33.1 Å². The molecule has 2 rings (SSSR count). The van der Waals surface area contributed by atoms with Gasteiger partial charge in [0, 0.05) is 38.4 Å². The van der Waals surface area contributed by atoms with Crippen molar-refractivity contribution in [2.24, 2.45) is 12.5 Å². The van der Waals surface area contributed by atoms with E-state index in [0.29, 0.717) is 5.41 Å². The molecule has 1 aromatic heterocycles. The van der Waals surface area contributed by atoms with Gasteiger partial charge in [-0.15, -0.1) is 0 Å². The van der Waals surface area contributed by atoms with E-state index in [1.165, 1.54) is 44.3 Å². The maximum absolute atomic E-state index is 4.25. The Bertz CT molecular complexity index is 379. The second-order valence-corrected chi connectivity index (χ2v) is 6.18. The molecule has 1 N–H and O–H groups in total. The fourth-order valence-electron chi connectivity index (χ4n) is 3.40. The highest BCUT2D eigenvalue weighted by Crippen LogP contribution is 2.38. The van der Waals surface area contributed by atoms with Gasteiger partial charge >= 0.3 is 0 Å². The van der Waals surface area contributed by atoms with Crippen LogP contribution in [0.5, 0.6) is 0 Å². The Balaban J connectivity index is 1.89. The minimum atomic E-state index is 0.493. The van der Waals surface area contributed by atoms with E-state index < -0.39 is 0 Å². The summed E-state index contributed by atoms with van der Waals surface area (Å²) in [4.78, 5) is 2.46. The van der Waals surface area contributed by atoms with Crippen LogP contribution in [0.2, 0.25) is 0 Å². The monoisotopic (exact) mass is 264 g/mol. The number of nitrogens with zero attached hydrogens (tertiary/aromatic N) is 3. The van der Waals surface area contributed by atoms with Crippen molar-refractivity contribution < 1.29 is 0 Å². The van der Waals surface area contributed by atoms with E-state index >= 15 is 0 Å². The zero-order valence-corrected chi connectivity index (χ0v) is 12.7. The van der Waals surface area contributed by atoms with Gasteiger partial charge in [-0.1, -0.05) is 19.8 Å². The Morgan fingerprint density at radius 3 is 2.74 bits per heavy atom. The van der Waals surface area contributed by atoms with Gasteiger partial charge in [0.05, 0.1) is 6.20 Å². The van der Waals surface area contributed by atoms with Gasteiger partial charge in [-0.2, -0.15) is 5.10 Å². The quantitative estimate of drug-likeness (QED) is 0.818. The predicted octanol–water partition coefficient (Wildman–Crippen LogP) is 2.02. The van der Waals surface area contributed by atoms with Crippen molar-refractivity contribution in [1.29, 1.82) is 0 Å². The first kappa shape index (κ1) is 14.5. The van der Waals surface area contributed by atoms with E-state index in [2.05, 4.69) is 35.5 Å². The van der Waals surface area contributed by atoms with Crippen LogP contribution in [-0.4, -0.2) is 41.4 Å². The number of hydrogen-bond acceptors (Lipinski definition) is 3. The van der Waals surface area contributed by atoms with E-state index in [9.17, 15) is 0 Å². The van der Waals surface area contributed by atoms with Crippen molar-refractivity contribution in [3.63, 3.8) is 0 Å². The van der Waals surface area contributed by atoms with E-state index in [4.69, 9.17) is 0 Å². The predicted molar refractivity (Wildman–Crippen MR) is 79.0 cm³/mol. The normalized spacial score (nSPS) is 18.3. The number of rotatable bonds is 7. The smallest absolute Gasteiger partial charge is 0.0534 e. The molecule has 0 bridgehead atoms. The molecule has 1 saturated carbocycles. The number of nitrogens with one attached hydrogen (secondary N) is 1. The molecule has 1 aliphatic rings. The van der Waals surface area contributed by atoms with Crippen LogP contribution < -0.4 is 5.32 Å². The Labute approximate surface area is 117 Å². The average molecular weight is 264 g/mol. The van der Waals surface area contributed by atoms with E-state index in [-0.39, 0.29) is 0 Å². The molecule has 0 amide bonds. The molecule has 0 unspecified atom stereocenters. The molecule has 19 heavy (non-hydrogen) atoms. The summed E-state index contributed by atoms with van der Waals surface area (Å²) in [5, 5.41) is 7.81. The van der Waals surface area contributed by atoms with Gasteiger partial charge in [-0.25, -0.2) is 0 Å². The maximum Gasteiger partial charge on any atom is 0.0534 e. The largest absolute Gasteiger partial charge is 0.316 e. The van der Waals surface area contributed by atoms with Gasteiger partial charge in [0.1, 0.15) is 0 Å². The summed E-state index contributed by atoms with van der Waals surface area (Å²) in [6.07, 6.45) is 9.62. The van der Waals surface area contributed by atoms with Gasteiger partial charge < -0.3 is 10.2 Å². The van der Waals surface area contributed by atoms with Crippen LogP contribution in [0.1, 0.15) is 38.2 Å². The standard InChI is InChI=1S/C15H28N4/c1-4-16-12-15(7-5-6-8-15)13-18(2)10-14-9-17-19(3)11-14/h9,11,16H,4-8,10,12-13H2,1-3H3. The van der Waals surface area contributed by atoms with Crippen LogP contribution in [-0.2, 0) is 13.6 Å². The molecule has 0 atom stereocenters. The molecule has 4 nitrogen and oxygen atoms in total. The molecular formula is C15H28N4. The van der Waals surface area contributed by atoms with Crippen molar-refractivity contribution in [2.75, 3.05) is 26.7 Å². The third-order valence-electron chi connectivity index (χ3n) is 4.23. The van der Waals surface area contributed by atoms with Crippen molar-refractivity contribution in [3.05, 3.63) is 18.0 Å². The highest BCUT2D eigenvalue weighted by molar-refractivity contribution is 5.03. The number of aryl methyl sites for hydroxylation is 1. The number of aromatic nitrogens is 2. The minimum absolute atomic E-state index is 0.493. The van der Waals surface area contributed by atoms with Gasteiger partial charge in [-0.3, -0.25) is 4.68 Å². The van der Waals surface area contributed by atoms with Crippen LogP contribution in [0.15, 0.2) is 12.4 Å². The Hall–Kier alpha value is -0.870. The van der Waals surface area contributed by atoms with Crippen molar-refractivity contribution >= 4 is 0 Å². The first-order valence-electron chi connectivity index (χ1n) is 7.50. The fraction of sp³-hybridized carbons (Fsp3) is 0.800. The zero-order chi connectivity index (χ0) is 13.7. The summed E-state index contributed by atoms with van der Waals surface area (Å²) in [5.41, 5.74) is 1.80. The summed E-state index contributed by atoms with van der Waals surface area (Å²) in [6.45, 7) is 6.63. The third kappa shape index (κ3) is 4.05. The Morgan fingerprint density at radius 1 is 1.42 bits per heavy atom. The highest BCUT2D eigenvalue weighted by atomic mass is 15.2. The molecule has 0 aliphatic heterocycles. The highest BCUT2D eigenvalue weighted by Gasteiger charge is 2.34. The lowest BCUT2D eigenvalue weighted by Crippen LogP contribution is -2.41. The van der Waals surface area contributed by atoms with Gasteiger partial charge in [0.15, 0.2) is 0 Å². The fourth-order valence-corrected chi connectivity index (χ4v) is 3.40. The van der Waals surface area contributed by atoms with Crippen molar-refractivity contribution in [2.45, 2.75) is 39.2 Å². The van der Waals surface area contributed by atoms with E-state index in [1.54, 1.807) is 0 Å². The molecule has 1 aliphatic carbocycles. The molecule has 0 spiro atoms. The SMILES string of the molecule is CCNCC1(CN(C)Cc2cnn(C)c2)CCCC1. The van der Waals surface area contributed by atoms with Crippen molar-refractivity contribution in [3.8, 4) is 0 Å². The summed E-state index contributed by atoms with van der Waals surface area (Å²) < 4.78 is 1.88. The lowest BCUT2D eigenvalue weighted by atomic mass is 9.85. The van der Waals surface area contributed by atoms with Crippen LogP contribution >= 0.6 is 0 Å². The molecule has 1 heterocycles. The molecule has 1 fully saturated rings. The second kappa shape index (κ2) is 6.53. The van der Waals surface area contributed by atoms with Gasteiger partial charge in [0.2, 0.25) is 0 Å². The molecule has 4 heteroatoms. The van der Waals surface area contributed by atoms with Crippen LogP contribution in [0, 0.1) is 5.41 Å². The molecule has 0 radical (unpaired) electrons. The summed E-state index contributed by atoms with van der Waals surface area (Å²) in [7, 11) is 4.21. The minimum Gasteiger partial charge on any atom is -0.316 e. The molecular weight excluding hydrogens is 236 g/mol. The van der Waals surface area contributed by atoms with Gasteiger partial charge in [-0.05, 0) is 31.8 Å². The van der Waals surface area contributed by atoms with Gasteiger partial charge in [0.25, 0.3) is 0 Å². The summed E-state index contributed by atoms with van der Waals surface area (Å²) in [6, 6.07) is 0. The Kier molecular flexibility index (Phi) is 4.99. The third-order valence-corrected chi connectivity index (χ3v) is 4.23. The first-order valence-corrected chi connectivity index (χ1v) is 7.50. The van der Waals surface area contributed by atoms with Crippen LogP contribution in [0.25, 0.3) is 0 Å². The second-order valence-electron chi connectivity index (χ2n) is 6.18. The van der Waals surface area contributed by atoms with E-state index in [1.807, 2.05) is 17.9 Å². The lowest BCUT2D eigenvalue weighted by Gasteiger charge is -2.33. The summed E-state index contributed by atoms with van der Waals surface area (Å²) >= 11 is 0. The molecule has 1 aromatic rings. The average Bonchev–Trinajstić information content (AvgIpc) is 2.97. The maximum atomic E-state index is 4.25. The summed E-state index contributed by atoms with van der Waals surface area (Å²) in [5.74, 6) is 0. The van der Waals surface area contributed by atoms with Crippen molar-refractivity contribution in [1.82, 2.24) is 20.0 Å².